The molecular formula is C18H17N3O3S. The van der Waals surface area contributed by atoms with Crippen LogP contribution in [0.5, 0.6) is 0 Å². The van der Waals surface area contributed by atoms with Crippen LogP contribution >= 0.6 is 11.8 Å². The molecule has 0 radical (unpaired) electrons. The zero-order valence-electron chi connectivity index (χ0n) is 13.7. The maximum Gasteiger partial charge on any atom is 0.319 e. The smallest absolute Gasteiger partial charge is 0.319 e. The first kappa shape index (κ1) is 16.0. The molecule has 7 heteroatoms. The third-order valence-electron chi connectivity index (χ3n) is 4.02. The van der Waals surface area contributed by atoms with Crippen molar-refractivity contribution in [3.8, 4) is 11.6 Å². The van der Waals surface area contributed by atoms with Gasteiger partial charge in [-0.05, 0) is 24.6 Å². The van der Waals surface area contributed by atoms with Crippen LogP contribution in [0.15, 0.2) is 58.3 Å². The van der Waals surface area contributed by atoms with Crippen molar-refractivity contribution in [2.24, 2.45) is 0 Å². The molecule has 1 aliphatic rings. The number of rotatable bonds is 5. The highest BCUT2D eigenvalue weighted by atomic mass is 32.2. The second-order valence-electron chi connectivity index (χ2n) is 5.94. The first-order chi connectivity index (χ1) is 12.2. The van der Waals surface area contributed by atoms with E-state index in [1.165, 1.54) is 11.8 Å². The summed E-state index contributed by atoms with van der Waals surface area (Å²) in [7, 11) is 0. The summed E-state index contributed by atoms with van der Waals surface area (Å²) in [6.45, 7) is 2.50. The van der Waals surface area contributed by atoms with Gasteiger partial charge < -0.3 is 9.15 Å². The van der Waals surface area contributed by atoms with Crippen LogP contribution in [-0.2, 0) is 16.1 Å². The topological polar surface area (TPSA) is 70.2 Å². The summed E-state index contributed by atoms with van der Waals surface area (Å²) in [6.07, 6.45) is 2.23. The van der Waals surface area contributed by atoms with Gasteiger partial charge in [-0.1, -0.05) is 42.1 Å². The molecule has 0 saturated carbocycles. The fraction of sp³-hybridized carbons (Fsp3) is 0.278. The zero-order valence-corrected chi connectivity index (χ0v) is 14.5. The number of furan rings is 1. The van der Waals surface area contributed by atoms with Crippen molar-refractivity contribution < 1.29 is 13.9 Å². The van der Waals surface area contributed by atoms with Gasteiger partial charge in [0.25, 0.3) is 0 Å². The third kappa shape index (κ3) is 3.32. The normalized spacial score (nSPS) is 20.0. The summed E-state index contributed by atoms with van der Waals surface area (Å²) in [4.78, 5) is 12.0. The van der Waals surface area contributed by atoms with Gasteiger partial charge in [-0.3, -0.25) is 9.36 Å². The van der Waals surface area contributed by atoms with E-state index in [4.69, 9.17) is 9.15 Å². The van der Waals surface area contributed by atoms with Gasteiger partial charge in [0.2, 0.25) is 5.82 Å². The maximum absolute atomic E-state index is 12.0. The van der Waals surface area contributed by atoms with Crippen LogP contribution in [0.2, 0.25) is 0 Å². The minimum atomic E-state index is -0.252. The number of esters is 1. The predicted octanol–water partition coefficient (Wildman–Crippen LogP) is 3.38. The Bertz CT molecular complexity index is 861. The second kappa shape index (κ2) is 6.76. The van der Waals surface area contributed by atoms with Crippen LogP contribution in [-0.4, -0.2) is 32.1 Å². The van der Waals surface area contributed by atoms with Crippen LogP contribution in [0.25, 0.3) is 11.6 Å². The average Bonchev–Trinajstić information content (AvgIpc) is 3.31. The molecule has 0 bridgehead atoms. The van der Waals surface area contributed by atoms with Gasteiger partial charge in [-0.15, -0.1) is 10.2 Å². The SMILES string of the molecule is C[C@H]1C[C@@H](Sc2nnc(-c3ccco3)n2Cc2ccccc2)C(=O)O1. The van der Waals surface area contributed by atoms with Crippen LogP contribution in [0.4, 0.5) is 0 Å². The van der Waals surface area contributed by atoms with Crippen molar-refractivity contribution in [3.63, 3.8) is 0 Å². The van der Waals surface area contributed by atoms with Crippen LogP contribution < -0.4 is 0 Å². The lowest BCUT2D eigenvalue weighted by atomic mass is 10.2. The van der Waals surface area contributed by atoms with Crippen molar-refractivity contribution >= 4 is 17.7 Å². The summed E-state index contributed by atoms with van der Waals surface area (Å²) < 4.78 is 12.7. The van der Waals surface area contributed by atoms with Crippen molar-refractivity contribution in [2.75, 3.05) is 0 Å². The van der Waals surface area contributed by atoms with E-state index >= 15 is 0 Å². The molecule has 4 rings (SSSR count). The number of hydrogen-bond donors (Lipinski definition) is 0. The molecule has 0 N–H and O–H groups in total. The Balaban J connectivity index is 1.67. The lowest BCUT2D eigenvalue weighted by molar-refractivity contribution is -0.140. The number of cyclic esters (lactones) is 1. The number of carbonyl (C=O) groups excluding carboxylic acids is 1. The minimum absolute atomic E-state index is 0.0555. The van der Waals surface area contributed by atoms with Crippen LogP contribution in [0.1, 0.15) is 18.9 Å². The molecule has 1 fully saturated rings. The van der Waals surface area contributed by atoms with Crippen molar-refractivity contribution in [1.82, 2.24) is 14.8 Å². The molecule has 0 unspecified atom stereocenters. The zero-order chi connectivity index (χ0) is 17.2. The Hall–Kier alpha value is -2.54. The minimum Gasteiger partial charge on any atom is -0.462 e. The number of carbonyl (C=O) groups is 1. The summed E-state index contributed by atoms with van der Waals surface area (Å²) in [5.41, 5.74) is 1.12. The van der Waals surface area contributed by atoms with Crippen molar-refractivity contribution in [3.05, 3.63) is 54.3 Å². The highest BCUT2D eigenvalue weighted by Gasteiger charge is 2.34. The Morgan fingerprint density at radius 3 is 2.72 bits per heavy atom. The van der Waals surface area contributed by atoms with E-state index in [2.05, 4.69) is 10.2 Å². The lowest BCUT2D eigenvalue weighted by Crippen LogP contribution is -2.12. The van der Waals surface area contributed by atoms with Crippen LogP contribution in [0.3, 0.4) is 0 Å². The highest BCUT2D eigenvalue weighted by molar-refractivity contribution is 8.00. The molecule has 1 saturated heterocycles. The highest BCUT2D eigenvalue weighted by Crippen LogP contribution is 2.33. The number of aromatic nitrogens is 3. The van der Waals surface area contributed by atoms with Gasteiger partial charge in [-0.25, -0.2) is 0 Å². The average molecular weight is 355 g/mol. The molecular weight excluding hydrogens is 338 g/mol. The Morgan fingerprint density at radius 1 is 1.20 bits per heavy atom. The van der Waals surface area contributed by atoms with E-state index in [-0.39, 0.29) is 17.3 Å². The molecule has 2 atom stereocenters. The fourth-order valence-electron chi connectivity index (χ4n) is 2.82. The van der Waals surface area contributed by atoms with Gasteiger partial charge >= 0.3 is 5.97 Å². The Morgan fingerprint density at radius 2 is 2.04 bits per heavy atom. The van der Waals surface area contributed by atoms with Gasteiger partial charge in [0.15, 0.2) is 10.9 Å². The summed E-state index contributed by atoms with van der Waals surface area (Å²) in [5.74, 6) is 1.11. The first-order valence-electron chi connectivity index (χ1n) is 8.09. The Kier molecular flexibility index (Phi) is 4.31. The monoisotopic (exact) mass is 355 g/mol. The molecule has 0 spiro atoms. The molecule has 2 aromatic heterocycles. The molecule has 25 heavy (non-hydrogen) atoms. The van der Waals surface area contributed by atoms with Gasteiger partial charge in [-0.2, -0.15) is 0 Å². The van der Waals surface area contributed by atoms with Crippen LogP contribution in [0, 0.1) is 0 Å². The van der Waals surface area contributed by atoms with E-state index in [0.29, 0.717) is 29.7 Å². The van der Waals surface area contributed by atoms with E-state index in [9.17, 15) is 4.79 Å². The second-order valence-corrected chi connectivity index (χ2v) is 7.11. The first-order valence-corrected chi connectivity index (χ1v) is 8.97. The molecule has 1 aromatic carbocycles. The molecule has 128 valence electrons. The quantitative estimate of drug-likeness (QED) is 0.654. The number of hydrogen-bond acceptors (Lipinski definition) is 6. The van der Waals surface area contributed by atoms with Gasteiger partial charge in [0.1, 0.15) is 11.4 Å². The molecule has 3 heterocycles. The summed E-state index contributed by atoms with van der Waals surface area (Å²) >= 11 is 1.40. The maximum atomic E-state index is 12.0. The molecule has 0 aliphatic carbocycles. The molecule has 1 aliphatic heterocycles. The molecule has 3 aromatic rings. The largest absolute Gasteiger partial charge is 0.462 e. The number of ether oxygens (including phenoxy) is 1. The van der Waals surface area contributed by atoms with Crippen molar-refractivity contribution in [2.45, 2.75) is 36.4 Å². The fourth-order valence-corrected chi connectivity index (χ4v) is 3.96. The number of thioether (sulfide) groups is 1. The predicted molar refractivity (Wildman–Crippen MR) is 93.1 cm³/mol. The van der Waals surface area contributed by atoms with E-state index in [1.807, 2.05) is 54.0 Å². The van der Waals surface area contributed by atoms with Gasteiger partial charge in [0.05, 0.1) is 12.8 Å². The summed E-state index contributed by atoms with van der Waals surface area (Å²) in [6, 6.07) is 13.7. The molecule has 0 amide bonds. The molecule has 6 nitrogen and oxygen atoms in total. The standard InChI is InChI=1S/C18H17N3O3S/c1-12-10-15(17(22)24-12)25-18-20-19-16(14-8-5-9-23-14)21(18)11-13-6-3-2-4-7-13/h2-9,12,15H,10-11H2,1H3/t12-,15+/m0/s1. The lowest BCUT2D eigenvalue weighted by Gasteiger charge is -2.10. The third-order valence-corrected chi connectivity index (χ3v) is 5.20. The number of nitrogens with zero attached hydrogens (tertiary/aromatic N) is 3. The van der Waals surface area contributed by atoms with Gasteiger partial charge in [0, 0.05) is 6.42 Å². The Labute approximate surface area is 149 Å². The van der Waals surface area contributed by atoms with E-state index in [0.717, 1.165) is 5.56 Å². The van der Waals surface area contributed by atoms with E-state index < -0.39 is 0 Å². The van der Waals surface area contributed by atoms with Crippen molar-refractivity contribution in [1.29, 1.82) is 0 Å². The summed E-state index contributed by atoms with van der Waals surface area (Å²) in [5, 5.41) is 9.02. The van der Waals surface area contributed by atoms with E-state index in [1.54, 1.807) is 6.26 Å². The number of benzene rings is 1.